The molecule has 4 aromatic rings. The van der Waals surface area contributed by atoms with E-state index in [0.717, 1.165) is 16.8 Å². The van der Waals surface area contributed by atoms with Gasteiger partial charge in [0, 0.05) is 22.7 Å². The number of H-pyrrole nitrogens is 1. The second-order valence-corrected chi connectivity index (χ2v) is 7.26. The van der Waals surface area contributed by atoms with E-state index in [9.17, 15) is 4.79 Å². The first-order valence-corrected chi connectivity index (χ1v) is 9.43. The van der Waals surface area contributed by atoms with Crippen molar-refractivity contribution in [2.45, 2.75) is 6.92 Å². The van der Waals surface area contributed by atoms with E-state index in [1.165, 1.54) is 5.56 Å². The van der Waals surface area contributed by atoms with Crippen LogP contribution in [0.2, 0.25) is 5.02 Å². The van der Waals surface area contributed by atoms with Crippen LogP contribution in [0.4, 0.5) is 0 Å². The van der Waals surface area contributed by atoms with Gasteiger partial charge in [-0.1, -0.05) is 35.9 Å². The highest BCUT2D eigenvalue weighted by molar-refractivity contribution is 7.08. The Morgan fingerprint density at radius 3 is 2.42 bits per heavy atom. The number of fused-ring (bicyclic) bond motifs is 1. The number of benzene rings is 2. The number of methoxy groups -OCH3 is 1. The predicted octanol–water partition coefficient (Wildman–Crippen LogP) is 5.89. The standard InChI is InChI=1S/C21H16ClNO2S/c1-12-20(14-5-3-13(4-6-14)15-7-8-26-11-15)21(24)16-9-17(22)19(25-2)10-18(16)23-12/h3-11H,1-2H3,(H,23,24). The lowest BCUT2D eigenvalue weighted by Gasteiger charge is -2.11. The summed E-state index contributed by atoms with van der Waals surface area (Å²) >= 11 is 7.88. The molecule has 0 bridgehead atoms. The number of aromatic nitrogens is 1. The molecule has 1 N–H and O–H groups in total. The number of aryl methyl sites for hydroxylation is 1. The second-order valence-electron chi connectivity index (χ2n) is 6.08. The van der Waals surface area contributed by atoms with E-state index in [-0.39, 0.29) is 5.43 Å². The number of pyridine rings is 1. The Morgan fingerprint density at radius 1 is 1.04 bits per heavy atom. The first-order valence-electron chi connectivity index (χ1n) is 8.11. The smallest absolute Gasteiger partial charge is 0.197 e. The van der Waals surface area contributed by atoms with Crippen molar-refractivity contribution in [3.63, 3.8) is 0 Å². The van der Waals surface area contributed by atoms with Crippen LogP contribution in [-0.4, -0.2) is 12.1 Å². The van der Waals surface area contributed by atoms with Gasteiger partial charge in [-0.15, -0.1) is 0 Å². The van der Waals surface area contributed by atoms with Crippen molar-refractivity contribution in [2.24, 2.45) is 0 Å². The average Bonchev–Trinajstić information content (AvgIpc) is 3.17. The number of hydrogen-bond acceptors (Lipinski definition) is 3. The van der Waals surface area contributed by atoms with Crippen LogP contribution in [-0.2, 0) is 0 Å². The number of ether oxygens (including phenoxy) is 1. The van der Waals surface area contributed by atoms with Crippen molar-refractivity contribution < 1.29 is 4.74 Å². The molecule has 2 aromatic heterocycles. The maximum absolute atomic E-state index is 13.1. The number of halogens is 1. The molecule has 0 unspecified atom stereocenters. The minimum Gasteiger partial charge on any atom is -0.495 e. The summed E-state index contributed by atoms with van der Waals surface area (Å²) in [6, 6.07) is 13.6. The van der Waals surface area contributed by atoms with E-state index < -0.39 is 0 Å². The minimum atomic E-state index is -0.0379. The van der Waals surface area contributed by atoms with E-state index in [1.54, 1.807) is 30.6 Å². The molecule has 0 aliphatic rings. The highest BCUT2D eigenvalue weighted by Gasteiger charge is 2.14. The monoisotopic (exact) mass is 381 g/mol. The van der Waals surface area contributed by atoms with Gasteiger partial charge in [0.2, 0.25) is 0 Å². The molecule has 0 radical (unpaired) electrons. The third-order valence-electron chi connectivity index (χ3n) is 4.49. The molecule has 3 nitrogen and oxygen atoms in total. The van der Waals surface area contributed by atoms with Crippen LogP contribution < -0.4 is 10.2 Å². The maximum Gasteiger partial charge on any atom is 0.197 e. The summed E-state index contributed by atoms with van der Waals surface area (Å²) in [6.07, 6.45) is 0. The SMILES string of the molecule is COc1cc2[nH]c(C)c(-c3ccc(-c4ccsc4)cc3)c(=O)c2cc1Cl. The number of aromatic amines is 1. The zero-order valence-electron chi connectivity index (χ0n) is 14.3. The van der Waals surface area contributed by atoms with E-state index in [0.29, 0.717) is 27.2 Å². The molecule has 5 heteroatoms. The predicted molar refractivity (Wildman–Crippen MR) is 110 cm³/mol. The summed E-state index contributed by atoms with van der Waals surface area (Å²) in [5, 5.41) is 5.14. The fourth-order valence-electron chi connectivity index (χ4n) is 3.18. The molecule has 0 aliphatic heterocycles. The Bertz CT molecular complexity index is 1150. The van der Waals surface area contributed by atoms with Gasteiger partial charge in [0.05, 0.1) is 17.6 Å². The lowest BCUT2D eigenvalue weighted by molar-refractivity contribution is 0.415. The number of hydrogen-bond donors (Lipinski definition) is 1. The maximum atomic E-state index is 13.1. The van der Waals surface area contributed by atoms with Gasteiger partial charge >= 0.3 is 0 Å². The van der Waals surface area contributed by atoms with E-state index in [4.69, 9.17) is 16.3 Å². The fourth-order valence-corrected chi connectivity index (χ4v) is 4.08. The van der Waals surface area contributed by atoms with Gasteiger partial charge in [-0.3, -0.25) is 4.79 Å². The Morgan fingerprint density at radius 2 is 1.77 bits per heavy atom. The molecule has 0 saturated carbocycles. The summed E-state index contributed by atoms with van der Waals surface area (Å²) in [6.45, 7) is 1.91. The van der Waals surface area contributed by atoms with Gasteiger partial charge in [0.1, 0.15) is 5.75 Å². The van der Waals surface area contributed by atoms with Crippen LogP contribution >= 0.6 is 22.9 Å². The zero-order chi connectivity index (χ0) is 18.3. The Labute approximate surface area is 159 Å². The molecule has 26 heavy (non-hydrogen) atoms. The van der Waals surface area contributed by atoms with Crippen molar-refractivity contribution in [1.82, 2.24) is 4.98 Å². The lowest BCUT2D eigenvalue weighted by Crippen LogP contribution is -2.09. The molecule has 0 aliphatic carbocycles. The molecule has 0 atom stereocenters. The fraction of sp³-hybridized carbons (Fsp3) is 0.0952. The molecule has 4 rings (SSSR count). The van der Waals surface area contributed by atoms with Crippen molar-refractivity contribution in [3.8, 4) is 28.0 Å². The van der Waals surface area contributed by atoms with Gasteiger partial charge in [-0.25, -0.2) is 0 Å². The van der Waals surface area contributed by atoms with E-state index in [1.807, 2.05) is 31.2 Å². The molecular weight excluding hydrogens is 366 g/mol. The average molecular weight is 382 g/mol. The van der Waals surface area contributed by atoms with Gasteiger partial charge in [0.15, 0.2) is 5.43 Å². The number of nitrogens with one attached hydrogen (secondary N) is 1. The first kappa shape index (κ1) is 16.9. The summed E-state index contributed by atoms with van der Waals surface area (Å²) in [7, 11) is 1.56. The van der Waals surface area contributed by atoms with Gasteiger partial charge in [-0.05, 0) is 46.5 Å². The highest BCUT2D eigenvalue weighted by Crippen LogP contribution is 2.31. The first-order chi connectivity index (χ1) is 12.6. The Balaban J connectivity index is 1.87. The van der Waals surface area contributed by atoms with Crippen LogP contribution in [0.5, 0.6) is 5.75 Å². The molecule has 0 spiro atoms. The summed E-state index contributed by atoms with van der Waals surface area (Å²) in [4.78, 5) is 16.4. The van der Waals surface area contributed by atoms with Crippen LogP contribution in [0.3, 0.4) is 0 Å². The third kappa shape index (κ3) is 2.81. The lowest BCUT2D eigenvalue weighted by atomic mass is 9.99. The molecule has 0 fully saturated rings. The largest absolute Gasteiger partial charge is 0.495 e. The van der Waals surface area contributed by atoms with Crippen molar-refractivity contribution >= 4 is 33.8 Å². The molecule has 0 amide bonds. The molecule has 130 valence electrons. The van der Waals surface area contributed by atoms with Crippen molar-refractivity contribution in [1.29, 1.82) is 0 Å². The Hall–Kier alpha value is -2.56. The van der Waals surface area contributed by atoms with Gasteiger partial charge in [-0.2, -0.15) is 11.3 Å². The molecule has 0 saturated heterocycles. The van der Waals surface area contributed by atoms with Gasteiger partial charge < -0.3 is 9.72 Å². The quantitative estimate of drug-likeness (QED) is 0.480. The molecular formula is C21H16ClNO2S. The van der Waals surface area contributed by atoms with Crippen LogP contribution in [0.25, 0.3) is 33.2 Å². The van der Waals surface area contributed by atoms with Crippen LogP contribution in [0.15, 0.2) is 58.0 Å². The number of thiophene rings is 1. The van der Waals surface area contributed by atoms with Crippen LogP contribution in [0.1, 0.15) is 5.69 Å². The van der Waals surface area contributed by atoms with E-state index in [2.05, 4.69) is 21.8 Å². The third-order valence-corrected chi connectivity index (χ3v) is 5.47. The topological polar surface area (TPSA) is 42.1 Å². The normalized spacial score (nSPS) is 11.0. The van der Waals surface area contributed by atoms with E-state index >= 15 is 0 Å². The zero-order valence-corrected chi connectivity index (χ0v) is 15.9. The minimum absolute atomic E-state index is 0.0379. The highest BCUT2D eigenvalue weighted by atomic mass is 35.5. The Kier molecular flexibility index (Phi) is 4.31. The molecule has 2 heterocycles. The summed E-state index contributed by atoms with van der Waals surface area (Å²) in [5.41, 5.74) is 5.36. The summed E-state index contributed by atoms with van der Waals surface area (Å²) in [5.74, 6) is 0.544. The van der Waals surface area contributed by atoms with Gasteiger partial charge in [0.25, 0.3) is 0 Å². The van der Waals surface area contributed by atoms with Crippen molar-refractivity contribution in [3.05, 3.63) is 74.2 Å². The second kappa shape index (κ2) is 6.63. The van der Waals surface area contributed by atoms with Crippen LogP contribution in [0, 0.1) is 6.92 Å². The molecule has 2 aromatic carbocycles. The number of rotatable bonds is 3. The van der Waals surface area contributed by atoms with Crippen molar-refractivity contribution in [2.75, 3.05) is 7.11 Å². The summed E-state index contributed by atoms with van der Waals surface area (Å²) < 4.78 is 5.24.